The maximum absolute atomic E-state index is 14.9. The van der Waals surface area contributed by atoms with Crippen LogP contribution >= 0.6 is 0 Å². The predicted molar refractivity (Wildman–Crippen MR) is 125 cm³/mol. The molecule has 5 rings (SSSR count). The van der Waals surface area contributed by atoms with Crippen molar-refractivity contribution >= 4 is 11.4 Å². The average molecular weight is 459 g/mol. The molecule has 9 heteroatoms. The summed E-state index contributed by atoms with van der Waals surface area (Å²) in [4.78, 5) is 14.8. The van der Waals surface area contributed by atoms with E-state index in [1.54, 1.807) is 30.3 Å². The fraction of sp³-hybridized carbons (Fsp3) is 0.200. The summed E-state index contributed by atoms with van der Waals surface area (Å²) >= 11 is 0. The third-order valence-electron chi connectivity index (χ3n) is 6.00. The highest BCUT2D eigenvalue weighted by Crippen LogP contribution is 2.33. The van der Waals surface area contributed by atoms with Crippen molar-refractivity contribution in [2.24, 2.45) is 0 Å². The van der Waals surface area contributed by atoms with Crippen LogP contribution in [-0.4, -0.2) is 46.2 Å². The molecule has 2 heterocycles. The molecule has 0 bridgehead atoms. The number of nitro groups is 1. The number of nitrogens with zero attached hydrogens (tertiary/aromatic N) is 5. The van der Waals surface area contributed by atoms with E-state index < -0.39 is 11.0 Å². The maximum Gasteiger partial charge on any atom is 0.269 e. The van der Waals surface area contributed by atoms with E-state index in [4.69, 9.17) is 4.42 Å². The largest absolute Gasteiger partial charge is 0.419 e. The van der Waals surface area contributed by atoms with E-state index in [1.165, 1.54) is 18.2 Å². The number of rotatable bonds is 6. The van der Waals surface area contributed by atoms with E-state index in [0.29, 0.717) is 43.5 Å². The Balaban J connectivity index is 1.39. The molecule has 0 radical (unpaired) electrons. The zero-order valence-electron chi connectivity index (χ0n) is 18.3. The predicted octanol–water partition coefficient (Wildman–Crippen LogP) is 4.70. The maximum atomic E-state index is 14.9. The van der Waals surface area contributed by atoms with Gasteiger partial charge in [-0.1, -0.05) is 36.4 Å². The van der Waals surface area contributed by atoms with Crippen molar-refractivity contribution in [1.82, 2.24) is 15.1 Å². The van der Waals surface area contributed by atoms with Crippen molar-refractivity contribution in [3.63, 3.8) is 0 Å². The Bertz CT molecular complexity index is 1270. The number of hydrogen-bond acceptors (Lipinski definition) is 7. The Kier molecular flexibility index (Phi) is 6.01. The van der Waals surface area contributed by atoms with Gasteiger partial charge in [0.25, 0.3) is 5.69 Å². The molecular formula is C25H22FN5O3. The van der Waals surface area contributed by atoms with Gasteiger partial charge in [0.2, 0.25) is 11.8 Å². The molecule has 1 aromatic heterocycles. The zero-order valence-corrected chi connectivity index (χ0v) is 18.3. The summed E-state index contributed by atoms with van der Waals surface area (Å²) in [6.07, 6.45) is 0. The smallest absolute Gasteiger partial charge is 0.269 e. The molecule has 3 aromatic carbocycles. The Morgan fingerprint density at radius 3 is 2.24 bits per heavy atom. The molecule has 1 unspecified atom stereocenters. The van der Waals surface area contributed by atoms with Crippen molar-refractivity contribution in [2.75, 3.05) is 31.1 Å². The molecule has 0 saturated carbocycles. The topological polar surface area (TPSA) is 88.5 Å². The second kappa shape index (κ2) is 9.40. The van der Waals surface area contributed by atoms with Crippen molar-refractivity contribution in [2.45, 2.75) is 6.04 Å². The number of non-ortho nitro benzene ring substituents is 1. The van der Waals surface area contributed by atoms with Crippen LogP contribution in [0.15, 0.2) is 83.3 Å². The van der Waals surface area contributed by atoms with Gasteiger partial charge in [-0.25, -0.2) is 4.39 Å². The van der Waals surface area contributed by atoms with Gasteiger partial charge in [0.15, 0.2) is 0 Å². The summed E-state index contributed by atoms with van der Waals surface area (Å²) in [5.74, 6) is 0.402. The number of aromatic nitrogens is 2. The molecule has 0 N–H and O–H groups in total. The lowest BCUT2D eigenvalue weighted by Gasteiger charge is -2.39. The molecule has 0 spiro atoms. The second-order valence-corrected chi connectivity index (χ2v) is 8.03. The molecule has 8 nitrogen and oxygen atoms in total. The third kappa shape index (κ3) is 4.38. The van der Waals surface area contributed by atoms with Crippen molar-refractivity contribution in [3.8, 4) is 11.5 Å². The molecule has 1 fully saturated rings. The molecule has 1 saturated heterocycles. The summed E-state index contributed by atoms with van der Waals surface area (Å²) in [6, 6.07) is 22.1. The van der Waals surface area contributed by atoms with E-state index >= 15 is 0 Å². The molecule has 0 aliphatic carbocycles. The van der Waals surface area contributed by atoms with E-state index in [2.05, 4.69) is 20.0 Å². The lowest BCUT2D eigenvalue weighted by molar-refractivity contribution is -0.384. The lowest BCUT2D eigenvalue weighted by Crippen LogP contribution is -2.48. The molecule has 172 valence electrons. The van der Waals surface area contributed by atoms with Crippen LogP contribution in [-0.2, 0) is 0 Å². The molecule has 1 aliphatic heterocycles. The van der Waals surface area contributed by atoms with Crippen LogP contribution in [0.25, 0.3) is 11.5 Å². The average Bonchev–Trinajstić information content (AvgIpc) is 3.36. The Morgan fingerprint density at radius 2 is 1.56 bits per heavy atom. The first kappa shape index (κ1) is 21.7. The standard InChI is InChI=1S/C25H22FN5O3/c26-22-9-5-4-8-21(22)23(25-28-27-24(34-25)18-6-2-1-3-7-18)30-16-14-29(15-17-30)19-10-12-20(13-11-19)31(32)33/h1-13,23H,14-17H2. The number of benzene rings is 3. The Labute approximate surface area is 195 Å². The molecular weight excluding hydrogens is 437 g/mol. The number of nitro benzene ring substituents is 1. The van der Waals surface area contributed by atoms with Gasteiger partial charge < -0.3 is 9.32 Å². The van der Waals surface area contributed by atoms with Gasteiger partial charge in [-0.15, -0.1) is 10.2 Å². The second-order valence-electron chi connectivity index (χ2n) is 8.03. The van der Waals surface area contributed by atoms with Crippen molar-refractivity contribution in [1.29, 1.82) is 0 Å². The van der Waals surface area contributed by atoms with E-state index in [9.17, 15) is 14.5 Å². The lowest BCUT2D eigenvalue weighted by atomic mass is 10.0. The van der Waals surface area contributed by atoms with Gasteiger partial charge in [0, 0.05) is 55.1 Å². The first-order chi connectivity index (χ1) is 16.6. The molecule has 4 aromatic rings. The minimum Gasteiger partial charge on any atom is -0.419 e. The van der Waals surface area contributed by atoms with Gasteiger partial charge in [0.05, 0.1) is 4.92 Å². The fourth-order valence-corrected chi connectivity index (χ4v) is 4.25. The number of piperazine rings is 1. The van der Waals surface area contributed by atoms with Crippen molar-refractivity contribution < 1.29 is 13.7 Å². The monoisotopic (exact) mass is 459 g/mol. The Morgan fingerprint density at radius 1 is 0.882 bits per heavy atom. The van der Waals surface area contributed by atoms with E-state index in [-0.39, 0.29) is 11.5 Å². The van der Waals surface area contributed by atoms with Gasteiger partial charge in [-0.2, -0.15) is 0 Å². The number of halogens is 1. The molecule has 1 aliphatic rings. The van der Waals surface area contributed by atoms with Gasteiger partial charge in [0.1, 0.15) is 11.9 Å². The fourth-order valence-electron chi connectivity index (χ4n) is 4.25. The van der Waals surface area contributed by atoms with Gasteiger partial charge >= 0.3 is 0 Å². The zero-order chi connectivity index (χ0) is 23.5. The van der Waals surface area contributed by atoms with Crippen LogP contribution < -0.4 is 4.90 Å². The first-order valence-corrected chi connectivity index (χ1v) is 11.0. The highest BCUT2D eigenvalue weighted by atomic mass is 19.1. The molecule has 1 atom stereocenters. The Hall–Kier alpha value is -4.11. The van der Waals surface area contributed by atoms with Crippen LogP contribution in [0.4, 0.5) is 15.8 Å². The quantitative estimate of drug-likeness (QED) is 0.305. The van der Waals surface area contributed by atoms with Crippen LogP contribution in [0.3, 0.4) is 0 Å². The van der Waals surface area contributed by atoms with Crippen molar-refractivity contribution in [3.05, 3.63) is 106 Å². The minimum absolute atomic E-state index is 0.0626. The third-order valence-corrected chi connectivity index (χ3v) is 6.00. The highest BCUT2D eigenvalue weighted by molar-refractivity contribution is 5.52. The molecule has 34 heavy (non-hydrogen) atoms. The summed E-state index contributed by atoms with van der Waals surface area (Å²) < 4.78 is 20.9. The summed E-state index contributed by atoms with van der Waals surface area (Å²) in [5.41, 5.74) is 2.26. The van der Waals surface area contributed by atoms with Gasteiger partial charge in [-0.05, 0) is 30.3 Å². The van der Waals surface area contributed by atoms with Crippen LogP contribution in [0.5, 0.6) is 0 Å². The van der Waals surface area contributed by atoms with Crippen LogP contribution in [0.2, 0.25) is 0 Å². The summed E-state index contributed by atoms with van der Waals surface area (Å²) in [6.45, 7) is 2.59. The summed E-state index contributed by atoms with van der Waals surface area (Å²) in [7, 11) is 0. The van der Waals surface area contributed by atoms with E-state index in [0.717, 1.165) is 11.3 Å². The summed E-state index contributed by atoms with van der Waals surface area (Å²) in [5, 5.41) is 19.4. The van der Waals surface area contributed by atoms with E-state index in [1.807, 2.05) is 30.3 Å². The SMILES string of the molecule is O=[N+]([O-])c1ccc(N2CCN(C(c3nnc(-c4ccccc4)o3)c3ccccc3F)CC2)cc1. The van der Waals surface area contributed by atoms with Crippen LogP contribution in [0, 0.1) is 15.9 Å². The highest BCUT2D eigenvalue weighted by Gasteiger charge is 2.32. The first-order valence-electron chi connectivity index (χ1n) is 11.0. The van der Waals surface area contributed by atoms with Crippen LogP contribution in [0.1, 0.15) is 17.5 Å². The molecule has 0 amide bonds. The number of anilines is 1. The van der Waals surface area contributed by atoms with Gasteiger partial charge in [-0.3, -0.25) is 15.0 Å². The number of hydrogen-bond donors (Lipinski definition) is 0. The normalized spacial score (nSPS) is 15.3. The minimum atomic E-state index is -0.523.